The van der Waals surface area contributed by atoms with E-state index in [1.54, 1.807) is 13.0 Å². The number of amides is 1. The number of piperazine rings is 1. The van der Waals surface area contributed by atoms with Crippen molar-refractivity contribution in [2.24, 2.45) is 0 Å². The number of anilines is 1. The number of nitrogens with zero attached hydrogens (tertiary/aromatic N) is 2. The maximum absolute atomic E-state index is 13.4. The molecule has 5 heteroatoms. The Kier molecular flexibility index (Phi) is 3.38. The Bertz CT molecular complexity index is 533. The van der Waals surface area contributed by atoms with Crippen LogP contribution in [0, 0.1) is 5.82 Å². The third kappa shape index (κ3) is 2.26. The van der Waals surface area contributed by atoms with Crippen LogP contribution in [-0.2, 0) is 4.79 Å². The van der Waals surface area contributed by atoms with E-state index in [2.05, 4.69) is 4.90 Å². The summed E-state index contributed by atoms with van der Waals surface area (Å²) < 4.78 is 13.4. The molecule has 2 aliphatic heterocycles. The molecule has 2 fully saturated rings. The first kappa shape index (κ1) is 13.4. The second-order valence-electron chi connectivity index (χ2n) is 5.60. The van der Waals surface area contributed by atoms with E-state index in [0.29, 0.717) is 18.5 Å². The highest BCUT2D eigenvalue weighted by atomic mass is 19.1. The van der Waals surface area contributed by atoms with E-state index in [9.17, 15) is 14.3 Å². The molecule has 2 heterocycles. The zero-order chi connectivity index (χ0) is 14.3. The topological polar surface area (TPSA) is 43.8 Å². The van der Waals surface area contributed by atoms with E-state index in [0.717, 1.165) is 25.2 Å². The zero-order valence-electron chi connectivity index (χ0n) is 11.6. The van der Waals surface area contributed by atoms with Crippen LogP contribution in [0.2, 0.25) is 0 Å². The minimum atomic E-state index is -0.705. The molecule has 2 saturated heterocycles. The maximum atomic E-state index is 13.4. The summed E-state index contributed by atoms with van der Waals surface area (Å²) in [7, 11) is 0. The number of carbonyl (C=O) groups excluding carboxylic acids is 1. The van der Waals surface area contributed by atoms with Crippen LogP contribution in [-0.4, -0.2) is 41.6 Å². The molecule has 4 nitrogen and oxygen atoms in total. The highest BCUT2D eigenvalue weighted by Crippen LogP contribution is 2.31. The fourth-order valence-electron chi connectivity index (χ4n) is 3.23. The molecule has 0 saturated carbocycles. The molecule has 108 valence electrons. The van der Waals surface area contributed by atoms with Gasteiger partial charge in [0.25, 0.3) is 0 Å². The Morgan fingerprint density at radius 3 is 2.95 bits per heavy atom. The van der Waals surface area contributed by atoms with Crippen molar-refractivity contribution in [2.75, 3.05) is 24.5 Å². The third-order valence-electron chi connectivity index (χ3n) is 4.27. The van der Waals surface area contributed by atoms with Gasteiger partial charge in [0.2, 0.25) is 5.91 Å². The lowest BCUT2D eigenvalue weighted by Gasteiger charge is -2.39. The molecule has 1 amide bonds. The van der Waals surface area contributed by atoms with E-state index in [1.807, 2.05) is 4.90 Å². The normalized spacial score (nSPS) is 23.9. The molecular weight excluding hydrogens is 259 g/mol. The number of benzene rings is 1. The molecule has 0 spiro atoms. The van der Waals surface area contributed by atoms with Crippen molar-refractivity contribution < 1.29 is 14.3 Å². The Balaban J connectivity index is 1.85. The maximum Gasteiger partial charge on any atom is 0.223 e. The Hall–Kier alpha value is -1.62. The summed E-state index contributed by atoms with van der Waals surface area (Å²) in [5.74, 6) is -0.0937. The monoisotopic (exact) mass is 278 g/mol. The smallest absolute Gasteiger partial charge is 0.223 e. The highest BCUT2D eigenvalue weighted by molar-refractivity contribution is 5.79. The Labute approximate surface area is 117 Å². The van der Waals surface area contributed by atoms with Crippen molar-refractivity contribution in [1.82, 2.24) is 4.90 Å². The number of fused-ring (bicyclic) bond motifs is 1. The van der Waals surface area contributed by atoms with Crippen LogP contribution >= 0.6 is 0 Å². The van der Waals surface area contributed by atoms with Crippen molar-refractivity contribution in [3.8, 4) is 0 Å². The van der Waals surface area contributed by atoms with Gasteiger partial charge in [-0.05, 0) is 31.5 Å². The Morgan fingerprint density at radius 2 is 2.20 bits per heavy atom. The first-order valence-corrected chi connectivity index (χ1v) is 7.08. The lowest BCUT2D eigenvalue weighted by Crippen LogP contribution is -2.51. The van der Waals surface area contributed by atoms with Gasteiger partial charge in [0, 0.05) is 43.3 Å². The molecule has 0 radical (unpaired) electrons. The van der Waals surface area contributed by atoms with Gasteiger partial charge in [-0.25, -0.2) is 4.39 Å². The van der Waals surface area contributed by atoms with Crippen molar-refractivity contribution in [3.63, 3.8) is 0 Å². The second kappa shape index (κ2) is 5.05. The quantitative estimate of drug-likeness (QED) is 0.895. The van der Waals surface area contributed by atoms with E-state index in [1.165, 1.54) is 12.1 Å². The molecule has 0 aliphatic carbocycles. The standard InChI is InChI=1S/C15H19FN2O2/c1-10(19)13-8-11(16)2-4-14(13)17-6-7-18-12(9-17)3-5-15(18)20/h2,4,8,10,12,19H,3,5-7,9H2,1H3/t10-,12?/m0/s1. The van der Waals surface area contributed by atoms with Gasteiger partial charge in [-0.3, -0.25) is 4.79 Å². The van der Waals surface area contributed by atoms with Crippen LogP contribution in [0.4, 0.5) is 10.1 Å². The summed E-state index contributed by atoms with van der Waals surface area (Å²) in [6, 6.07) is 4.80. The van der Waals surface area contributed by atoms with Crippen LogP contribution in [0.25, 0.3) is 0 Å². The average Bonchev–Trinajstić information content (AvgIpc) is 2.80. The van der Waals surface area contributed by atoms with Crippen LogP contribution in [0.1, 0.15) is 31.4 Å². The summed E-state index contributed by atoms with van der Waals surface area (Å²) in [4.78, 5) is 15.8. The molecule has 3 rings (SSSR count). The summed E-state index contributed by atoms with van der Waals surface area (Å²) >= 11 is 0. The third-order valence-corrected chi connectivity index (χ3v) is 4.27. The number of hydrogen-bond donors (Lipinski definition) is 1. The molecule has 1 aromatic carbocycles. The van der Waals surface area contributed by atoms with E-state index in [-0.39, 0.29) is 17.8 Å². The first-order chi connectivity index (χ1) is 9.56. The van der Waals surface area contributed by atoms with Crippen molar-refractivity contribution in [2.45, 2.75) is 31.9 Å². The van der Waals surface area contributed by atoms with E-state index >= 15 is 0 Å². The number of rotatable bonds is 2. The van der Waals surface area contributed by atoms with Crippen molar-refractivity contribution in [3.05, 3.63) is 29.6 Å². The predicted molar refractivity (Wildman–Crippen MR) is 74.0 cm³/mol. The van der Waals surface area contributed by atoms with Gasteiger partial charge in [-0.2, -0.15) is 0 Å². The highest BCUT2D eigenvalue weighted by Gasteiger charge is 2.36. The molecule has 2 atom stereocenters. The minimum absolute atomic E-state index is 0.240. The Morgan fingerprint density at radius 1 is 1.40 bits per heavy atom. The molecule has 1 unspecified atom stereocenters. The molecule has 20 heavy (non-hydrogen) atoms. The van der Waals surface area contributed by atoms with Gasteiger partial charge in [0.05, 0.1) is 6.10 Å². The molecule has 2 aliphatic rings. The minimum Gasteiger partial charge on any atom is -0.389 e. The van der Waals surface area contributed by atoms with Gasteiger partial charge >= 0.3 is 0 Å². The van der Waals surface area contributed by atoms with Gasteiger partial charge in [0.15, 0.2) is 0 Å². The summed E-state index contributed by atoms with van der Waals surface area (Å²) in [6.45, 7) is 3.85. The van der Waals surface area contributed by atoms with Gasteiger partial charge in [0.1, 0.15) is 5.82 Å². The van der Waals surface area contributed by atoms with Crippen molar-refractivity contribution >= 4 is 11.6 Å². The number of halogens is 1. The predicted octanol–water partition coefficient (Wildman–Crippen LogP) is 1.69. The summed E-state index contributed by atoms with van der Waals surface area (Å²) in [5.41, 5.74) is 1.49. The number of hydrogen-bond acceptors (Lipinski definition) is 3. The molecule has 1 N–H and O–H groups in total. The fourth-order valence-corrected chi connectivity index (χ4v) is 3.23. The first-order valence-electron chi connectivity index (χ1n) is 7.08. The largest absolute Gasteiger partial charge is 0.389 e. The number of carbonyl (C=O) groups is 1. The molecule has 1 aromatic rings. The lowest BCUT2D eigenvalue weighted by atomic mass is 10.0. The van der Waals surface area contributed by atoms with Gasteiger partial charge in [-0.1, -0.05) is 0 Å². The summed E-state index contributed by atoms with van der Waals surface area (Å²) in [5, 5.41) is 9.83. The van der Waals surface area contributed by atoms with E-state index < -0.39 is 6.10 Å². The average molecular weight is 278 g/mol. The van der Waals surface area contributed by atoms with Gasteiger partial charge < -0.3 is 14.9 Å². The fraction of sp³-hybridized carbons (Fsp3) is 0.533. The number of aliphatic hydroxyl groups is 1. The van der Waals surface area contributed by atoms with Crippen LogP contribution in [0.3, 0.4) is 0 Å². The number of aliphatic hydroxyl groups excluding tert-OH is 1. The second-order valence-corrected chi connectivity index (χ2v) is 5.60. The van der Waals surface area contributed by atoms with Gasteiger partial charge in [-0.15, -0.1) is 0 Å². The molecular formula is C15H19FN2O2. The van der Waals surface area contributed by atoms with E-state index in [4.69, 9.17) is 0 Å². The molecule has 0 aromatic heterocycles. The SMILES string of the molecule is C[C@H](O)c1cc(F)ccc1N1CCN2C(=O)CCC2C1. The zero-order valence-corrected chi connectivity index (χ0v) is 11.6. The van der Waals surface area contributed by atoms with Crippen molar-refractivity contribution in [1.29, 1.82) is 0 Å². The van der Waals surface area contributed by atoms with Crippen LogP contribution < -0.4 is 4.90 Å². The summed E-state index contributed by atoms with van der Waals surface area (Å²) in [6.07, 6.45) is 0.815. The molecule has 0 bridgehead atoms. The lowest BCUT2D eigenvalue weighted by molar-refractivity contribution is -0.129. The van der Waals surface area contributed by atoms with Crippen LogP contribution in [0.15, 0.2) is 18.2 Å². The van der Waals surface area contributed by atoms with Crippen LogP contribution in [0.5, 0.6) is 0 Å².